The van der Waals surface area contributed by atoms with Crippen LogP contribution in [-0.2, 0) is 11.3 Å². The summed E-state index contributed by atoms with van der Waals surface area (Å²) >= 11 is 2.95. The number of rotatable bonds is 3. The molecule has 0 saturated carbocycles. The van der Waals surface area contributed by atoms with E-state index in [9.17, 15) is 13.6 Å². The molecule has 0 saturated heterocycles. The van der Waals surface area contributed by atoms with Gasteiger partial charge in [0.05, 0.1) is 0 Å². The highest BCUT2D eigenvalue weighted by Crippen LogP contribution is 2.23. The number of aromatic nitrogens is 2. The van der Waals surface area contributed by atoms with Gasteiger partial charge in [0.25, 0.3) is 0 Å². The molecule has 1 heterocycles. The fourth-order valence-corrected chi connectivity index (χ4v) is 1.86. The SMILES string of the molecule is Nc1ccn(CC(=O)Nc2c(F)cc(Br)cc2F)n1. The Morgan fingerprint density at radius 1 is 1.42 bits per heavy atom. The summed E-state index contributed by atoms with van der Waals surface area (Å²) in [5.41, 5.74) is 4.89. The smallest absolute Gasteiger partial charge is 0.246 e. The zero-order valence-electron chi connectivity index (χ0n) is 9.53. The summed E-state index contributed by atoms with van der Waals surface area (Å²) in [6, 6.07) is 3.63. The molecular weight excluding hydrogens is 322 g/mol. The second-order valence-corrected chi connectivity index (χ2v) is 4.65. The lowest BCUT2D eigenvalue weighted by molar-refractivity contribution is -0.116. The third-order valence-electron chi connectivity index (χ3n) is 2.24. The van der Waals surface area contributed by atoms with Crippen LogP contribution in [0.25, 0.3) is 0 Å². The van der Waals surface area contributed by atoms with Crippen molar-refractivity contribution in [3.63, 3.8) is 0 Å². The van der Waals surface area contributed by atoms with Gasteiger partial charge in [-0.05, 0) is 18.2 Å². The van der Waals surface area contributed by atoms with E-state index in [1.54, 1.807) is 0 Å². The third-order valence-corrected chi connectivity index (χ3v) is 2.70. The van der Waals surface area contributed by atoms with Crippen molar-refractivity contribution in [1.82, 2.24) is 9.78 Å². The van der Waals surface area contributed by atoms with Gasteiger partial charge in [-0.1, -0.05) is 15.9 Å². The van der Waals surface area contributed by atoms with E-state index in [0.29, 0.717) is 0 Å². The normalized spacial score (nSPS) is 10.5. The summed E-state index contributed by atoms with van der Waals surface area (Å²) in [6.45, 7) is -0.188. The van der Waals surface area contributed by atoms with Crippen molar-refractivity contribution in [3.8, 4) is 0 Å². The number of benzene rings is 1. The van der Waals surface area contributed by atoms with Gasteiger partial charge in [-0.15, -0.1) is 0 Å². The first-order valence-electron chi connectivity index (χ1n) is 5.19. The highest BCUT2D eigenvalue weighted by molar-refractivity contribution is 9.10. The van der Waals surface area contributed by atoms with Gasteiger partial charge in [0.1, 0.15) is 18.1 Å². The van der Waals surface area contributed by atoms with Crippen LogP contribution in [0, 0.1) is 11.6 Å². The molecule has 3 N–H and O–H groups in total. The van der Waals surface area contributed by atoms with E-state index in [0.717, 1.165) is 12.1 Å². The topological polar surface area (TPSA) is 72.9 Å². The maximum absolute atomic E-state index is 13.5. The molecule has 19 heavy (non-hydrogen) atoms. The first kappa shape index (κ1) is 13.5. The van der Waals surface area contributed by atoms with E-state index in [-0.39, 0.29) is 16.8 Å². The molecule has 0 aliphatic rings. The quantitative estimate of drug-likeness (QED) is 0.905. The lowest BCUT2D eigenvalue weighted by Crippen LogP contribution is -2.20. The Morgan fingerprint density at radius 3 is 2.58 bits per heavy atom. The molecule has 0 fully saturated rings. The number of nitrogen functional groups attached to an aromatic ring is 1. The van der Waals surface area contributed by atoms with Gasteiger partial charge in [0.2, 0.25) is 5.91 Å². The first-order chi connectivity index (χ1) is 8.95. The Morgan fingerprint density at radius 2 is 2.05 bits per heavy atom. The van der Waals surface area contributed by atoms with Crippen LogP contribution in [0.15, 0.2) is 28.9 Å². The van der Waals surface area contributed by atoms with Gasteiger partial charge in [0.15, 0.2) is 11.6 Å². The van der Waals surface area contributed by atoms with Crippen molar-refractivity contribution >= 4 is 33.3 Å². The average molecular weight is 331 g/mol. The van der Waals surface area contributed by atoms with E-state index in [4.69, 9.17) is 5.73 Å². The molecule has 1 aromatic carbocycles. The molecule has 0 atom stereocenters. The number of hydrogen-bond acceptors (Lipinski definition) is 3. The maximum Gasteiger partial charge on any atom is 0.246 e. The molecule has 0 bridgehead atoms. The molecule has 0 radical (unpaired) electrons. The van der Waals surface area contributed by atoms with Gasteiger partial charge in [-0.25, -0.2) is 8.78 Å². The Hall–Kier alpha value is -1.96. The lowest BCUT2D eigenvalue weighted by atomic mass is 10.3. The summed E-state index contributed by atoms with van der Waals surface area (Å²) in [5, 5.41) is 5.94. The number of carbonyl (C=O) groups is 1. The summed E-state index contributed by atoms with van der Waals surface area (Å²) in [5.74, 6) is -2.07. The number of amides is 1. The fraction of sp³-hybridized carbons (Fsp3) is 0.0909. The molecule has 100 valence electrons. The van der Waals surface area contributed by atoms with Gasteiger partial charge in [-0.3, -0.25) is 9.48 Å². The second kappa shape index (κ2) is 5.35. The highest BCUT2D eigenvalue weighted by atomic mass is 79.9. The van der Waals surface area contributed by atoms with Crippen LogP contribution in [-0.4, -0.2) is 15.7 Å². The monoisotopic (exact) mass is 330 g/mol. The van der Waals surface area contributed by atoms with Crippen LogP contribution in [0.4, 0.5) is 20.3 Å². The number of hydrogen-bond donors (Lipinski definition) is 2. The van der Waals surface area contributed by atoms with Crippen molar-refractivity contribution < 1.29 is 13.6 Å². The Bertz CT molecular complexity index is 606. The average Bonchev–Trinajstić information content (AvgIpc) is 2.69. The first-order valence-corrected chi connectivity index (χ1v) is 5.98. The second-order valence-electron chi connectivity index (χ2n) is 3.73. The van der Waals surface area contributed by atoms with Crippen molar-refractivity contribution in [2.45, 2.75) is 6.54 Å². The zero-order valence-corrected chi connectivity index (χ0v) is 11.1. The minimum absolute atomic E-state index is 0.188. The molecule has 0 aliphatic heterocycles. The van der Waals surface area contributed by atoms with Crippen LogP contribution < -0.4 is 11.1 Å². The molecule has 5 nitrogen and oxygen atoms in total. The molecule has 2 rings (SSSR count). The molecule has 1 aromatic heterocycles. The van der Waals surface area contributed by atoms with Crippen LogP contribution in [0.2, 0.25) is 0 Å². The standard InChI is InChI=1S/C11H9BrF2N4O/c12-6-3-7(13)11(8(14)4-6)16-10(19)5-18-2-1-9(15)17-18/h1-4H,5H2,(H2,15,17)(H,16,19). The van der Waals surface area contributed by atoms with E-state index in [2.05, 4.69) is 26.3 Å². The maximum atomic E-state index is 13.5. The minimum Gasteiger partial charge on any atom is -0.382 e. The summed E-state index contributed by atoms with van der Waals surface area (Å²) < 4.78 is 28.5. The molecule has 2 aromatic rings. The van der Waals surface area contributed by atoms with Crippen molar-refractivity contribution in [3.05, 3.63) is 40.5 Å². The van der Waals surface area contributed by atoms with Crippen molar-refractivity contribution in [1.29, 1.82) is 0 Å². The van der Waals surface area contributed by atoms with Crippen LogP contribution in [0.1, 0.15) is 0 Å². The Balaban J connectivity index is 2.11. The minimum atomic E-state index is -0.861. The van der Waals surface area contributed by atoms with E-state index >= 15 is 0 Å². The van der Waals surface area contributed by atoms with E-state index in [1.807, 2.05) is 0 Å². The van der Waals surface area contributed by atoms with E-state index in [1.165, 1.54) is 16.9 Å². The van der Waals surface area contributed by atoms with E-state index < -0.39 is 23.2 Å². The number of nitrogens with one attached hydrogen (secondary N) is 1. The number of carbonyl (C=O) groups excluding carboxylic acids is 1. The fourth-order valence-electron chi connectivity index (χ4n) is 1.45. The predicted octanol–water partition coefficient (Wildman–Crippen LogP) is 2.14. The Kier molecular flexibility index (Phi) is 3.79. The molecular formula is C11H9BrF2N4O. The number of nitrogens with two attached hydrogens (primary N) is 1. The third kappa shape index (κ3) is 3.28. The zero-order chi connectivity index (χ0) is 14.0. The van der Waals surface area contributed by atoms with Gasteiger partial charge in [-0.2, -0.15) is 5.10 Å². The predicted molar refractivity (Wildman–Crippen MR) is 69.3 cm³/mol. The van der Waals surface area contributed by atoms with Crippen molar-refractivity contribution in [2.24, 2.45) is 0 Å². The van der Waals surface area contributed by atoms with Gasteiger partial charge in [0, 0.05) is 10.7 Å². The Labute approximate surface area is 115 Å². The molecule has 0 unspecified atom stereocenters. The highest BCUT2D eigenvalue weighted by Gasteiger charge is 2.14. The summed E-state index contributed by atoms with van der Waals surface area (Å²) in [7, 11) is 0. The van der Waals surface area contributed by atoms with Crippen LogP contribution >= 0.6 is 15.9 Å². The molecule has 0 aliphatic carbocycles. The molecule has 0 spiro atoms. The number of nitrogens with zero attached hydrogens (tertiary/aromatic N) is 2. The number of anilines is 2. The van der Waals surface area contributed by atoms with Gasteiger partial charge < -0.3 is 11.1 Å². The molecule has 1 amide bonds. The molecule has 8 heteroatoms. The van der Waals surface area contributed by atoms with Crippen LogP contribution in [0.3, 0.4) is 0 Å². The largest absolute Gasteiger partial charge is 0.382 e. The summed E-state index contributed by atoms with van der Waals surface area (Å²) in [6.07, 6.45) is 1.49. The van der Waals surface area contributed by atoms with Gasteiger partial charge >= 0.3 is 0 Å². The lowest BCUT2D eigenvalue weighted by Gasteiger charge is -2.08. The van der Waals surface area contributed by atoms with Crippen molar-refractivity contribution in [2.75, 3.05) is 11.1 Å². The number of halogens is 3. The summed E-state index contributed by atoms with van der Waals surface area (Å²) in [4.78, 5) is 11.6. The van der Waals surface area contributed by atoms with Crippen LogP contribution in [0.5, 0.6) is 0 Å².